The molecule has 0 spiro atoms. The van der Waals surface area contributed by atoms with Crippen LogP contribution in [0.15, 0.2) is 27.9 Å². The fourth-order valence-electron chi connectivity index (χ4n) is 4.79. The predicted molar refractivity (Wildman–Crippen MR) is 117 cm³/mol. The van der Waals surface area contributed by atoms with Crippen LogP contribution in [0.25, 0.3) is 0 Å². The van der Waals surface area contributed by atoms with Gasteiger partial charge in [0.15, 0.2) is 23.0 Å². The average Bonchev–Trinajstić information content (AvgIpc) is 3.02. The molecule has 0 saturated heterocycles. The van der Waals surface area contributed by atoms with E-state index in [4.69, 9.17) is 21.1 Å². The number of ketones is 1. The van der Waals surface area contributed by atoms with Crippen LogP contribution in [0, 0.1) is 11.8 Å². The van der Waals surface area contributed by atoms with Crippen molar-refractivity contribution in [2.75, 3.05) is 20.3 Å². The Morgan fingerprint density at radius 2 is 2.06 bits per heavy atom. The molecule has 1 fully saturated rings. The molecule has 31 heavy (non-hydrogen) atoms. The minimum absolute atomic E-state index is 0.0655. The van der Waals surface area contributed by atoms with Crippen molar-refractivity contribution in [3.05, 3.63) is 33.5 Å². The van der Waals surface area contributed by atoms with Crippen LogP contribution in [0.1, 0.15) is 37.8 Å². The first-order chi connectivity index (χ1) is 14.8. The molecular weight excluding hydrogens is 490 g/mol. The van der Waals surface area contributed by atoms with Gasteiger partial charge in [-0.1, -0.05) is 6.92 Å². The number of hydrogen-bond donors (Lipinski definition) is 2. The van der Waals surface area contributed by atoms with Crippen LogP contribution in [-0.4, -0.2) is 58.5 Å². The summed E-state index contributed by atoms with van der Waals surface area (Å²) in [7, 11) is 1.43. The number of rotatable bonds is 5. The van der Waals surface area contributed by atoms with Gasteiger partial charge in [-0.3, -0.25) is 9.59 Å². The minimum Gasteiger partial charge on any atom is -0.503 e. The summed E-state index contributed by atoms with van der Waals surface area (Å²) in [6.45, 7) is 2.20. The van der Waals surface area contributed by atoms with Crippen LogP contribution in [-0.2, 0) is 14.3 Å². The van der Waals surface area contributed by atoms with Gasteiger partial charge in [0.2, 0.25) is 0 Å². The van der Waals surface area contributed by atoms with Crippen molar-refractivity contribution in [3.63, 3.8) is 0 Å². The van der Waals surface area contributed by atoms with Crippen LogP contribution >= 0.6 is 27.5 Å². The third kappa shape index (κ3) is 3.72. The quantitative estimate of drug-likeness (QED) is 0.586. The van der Waals surface area contributed by atoms with E-state index in [1.807, 2.05) is 6.92 Å². The average molecular weight is 515 g/mol. The summed E-state index contributed by atoms with van der Waals surface area (Å²) < 4.78 is 11.8. The van der Waals surface area contributed by atoms with E-state index in [1.54, 1.807) is 17.0 Å². The fraction of sp³-hybridized carbons (Fsp3) is 0.545. The number of hydrogen-bond acceptors (Lipinski definition) is 6. The number of carbonyl (C=O) groups excluding carboxylic acids is 2. The van der Waals surface area contributed by atoms with E-state index in [2.05, 4.69) is 15.9 Å². The Morgan fingerprint density at radius 3 is 2.74 bits per heavy atom. The van der Waals surface area contributed by atoms with Crippen LogP contribution in [0.4, 0.5) is 0 Å². The molecule has 5 unspecified atom stereocenters. The number of alkyl halides is 1. The normalized spacial score (nSPS) is 30.2. The Morgan fingerprint density at radius 1 is 1.32 bits per heavy atom. The summed E-state index contributed by atoms with van der Waals surface area (Å²) in [5, 5.41) is 19.4. The van der Waals surface area contributed by atoms with Gasteiger partial charge in [-0.25, -0.2) is 0 Å². The zero-order valence-corrected chi connectivity index (χ0v) is 19.6. The van der Waals surface area contributed by atoms with Crippen molar-refractivity contribution >= 4 is 39.2 Å². The molecule has 0 aromatic heterocycles. The molecule has 0 radical (unpaired) electrons. The molecule has 1 aromatic carbocycles. The van der Waals surface area contributed by atoms with Crippen LogP contribution < -0.4 is 4.74 Å². The molecule has 5 atom stereocenters. The molecule has 2 aliphatic heterocycles. The zero-order valence-electron chi connectivity index (χ0n) is 17.3. The van der Waals surface area contributed by atoms with Gasteiger partial charge in [0, 0.05) is 18.5 Å². The van der Waals surface area contributed by atoms with Gasteiger partial charge < -0.3 is 24.6 Å². The number of methoxy groups -OCH3 is 1. The highest BCUT2D eigenvalue weighted by atomic mass is 79.9. The third-order valence-corrected chi connectivity index (χ3v) is 7.66. The lowest BCUT2D eigenvalue weighted by Gasteiger charge is -2.40. The fourth-order valence-corrected chi connectivity index (χ4v) is 5.55. The number of aromatic hydroxyl groups is 1. The SMILES string of the molecule is COc1cc(C2C3=C(OC4CC(C)C(Cl)CC4C3=O)C(=O)N2CCCO)cc(Br)c1O. The van der Waals surface area contributed by atoms with E-state index in [1.165, 1.54) is 7.11 Å². The molecule has 1 aliphatic carbocycles. The smallest absolute Gasteiger partial charge is 0.290 e. The molecule has 0 bridgehead atoms. The molecule has 2 heterocycles. The maximum absolute atomic E-state index is 13.6. The lowest BCUT2D eigenvalue weighted by atomic mass is 9.74. The number of fused-ring (bicyclic) bond motifs is 1. The number of nitrogens with zero attached hydrogens (tertiary/aromatic N) is 1. The molecule has 1 amide bonds. The van der Waals surface area contributed by atoms with Gasteiger partial charge in [0.25, 0.3) is 5.91 Å². The van der Waals surface area contributed by atoms with Crippen molar-refractivity contribution in [2.45, 2.75) is 43.7 Å². The van der Waals surface area contributed by atoms with Crippen molar-refractivity contribution < 1.29 is 29.3 Å². The number of Topliss-reactive ketones (excluding diaryl/α,β-unsaturated/α-hetero) is 1. The first kappa shape index (κ1) is 22.4. The highest BCUT2D eigenvalue weighted by Crippen LogP contribution is 2.49. The van der Waals surface area contributed by atoms with E-state index in [0.717, 1.165) is 0 Å². The number of amides is 1. The second kappa shape index (κ2) is 8.64. The summed E-state index contributed by atoms with van der Waals surface area (Å²) in [4.78, 5) is 28.5. The first-order valence-electron chi connectivity index (χ1n) is 10.4. The molecule has 168 valence electrons. The standard InChI is InChI=1S/C22H25BrClNO6/c1-10-6-15-12(9-14(10)24)19(27)17-18(11-7-13(23)20(28)16(8-11)30-2)25(4-3-5-26)22(29)21(17)31-15/h7-8,10,12,14-15,18,26,28H,3-6,9H2,1-2H3. The maximum atomic E-state index is 13.6. The molecule has 1 saturated carbocycles. The molecule has 2 N–H and O–H groups in total. The Balaban J connectivity index is 1.81. The minimum atomic E-state index is -0.693. The molecule has 7 nitrogen and oxygen atoms in total. The van der Waals surface area contributed by atoms with E-state index < -0.39 is 12.0 Å². The summed E-state index contributed by atoms with van der Waals surface area (Å²) in [5.41, 5.74) is 0.932. The van der Waals surface area contributed by atoms with Crippen LogP contribution in [0.2, 0.25) is 0 Å². The Hall–Kier alpha value is -1.77. The number of benzene rings is 1. The monoisotopic (exact) mass is 513 g/mol. The summed E-state index contributed by atoms with van der Waals surface area (Å²) in [5.74, 6) is -0.425. The van der Waals surface area contributed by atoms with Gasteiger partial charge in [0.05, 0.1) is 29.1 Å². The lowest BCUT2D eigenvalue weighted by molar-refractivity contribution is -0.136. The van der Waals surface area contributed by atoms with Gasteiger partial charge >= 0.3 is 0 Å². The Labute approximate surface area is 194 Å². The van der Waals surface area contributed by atoms with Crippen molar-refractivity contribution in [2.24, 2.45) is 11.8 Å². The van der Waals surface area contributed by atoms with E-state index in [-0.39, 0.29) is 59.5 Å². The van der Waals surface area contributed by atoms with Crippen LogP contribution in [0.3, 0.4) is 0 Å². The second-order valence-electron chi connectivity index (χ2n) is 8.37. The van der Waals surface area contributed by atoms with Gasteiger partial charge in [-0.2, -0.15) is 0 Å². The van der Waals surface area contributed by atoms with Crippen molar-refractivity contribution in [3.8, 4) is 11.5 Å². The number of carbonyl (C=O) groups is 2. The summed E-state index contributed by atoms with van der Waals surface area (Å²) >= 11 is 9.80. The number of aliphatic hydroxyl groups is 1. The molecular formula is C22H25BrClNO6. The number of phenols is 1. The van der Waals surface area contributed by atoms with E-state index in [9.17, 15) is 19.8 Å². The number of halogens is 2. The molecule has 3 aliphatic rings. The second-order valence-corrected chi connectivity index (χ2v) is 9.78. The number of phenolic OH excluding ortho intramolecular Hbond substituents is 1. The zero-order chi connectivity index (χ0) is 22.4. The van der Waals surface area contributed by atoms with E-state index >= 15 is 0 Å². The number of aliphatic hydroxyl groups excluding tert-OH is 1. The Kier molecular flexibility index (Phi) is 6.25. The highest BCUT2D eigenvalue weighted by Gasteiger charge is 2.53. The molecule has 4 rings (SSSR count). The van der Waals surface area contributed by atoms with Gasteiger partial charge in [-0.15, -0.1) is 11.6 Å². The van der Waals surface area contributed by atoms with E-state index in [0.29, 0.717) is 34.9 Å². The highest BCUT2D eigenvalue weighted by molar-refractivity contribution is 9.10. The summed E-state index contributed by atoms with van der Waals surface area (Å²) in [6.07, 6.45) is 1.12. The molecule has 1 aromatic rings. The Bertz CT molecular complexity index is 950. The van der Waals surface area contributed by atoms with Gasteiger partial charge in [-0.05, 0) is 58.8 Å². The first-order valence-corrected chi connectivity index (χ1v) is 11.6. The third-order valence-electron chi connectivity index (χ3n) is 6.45. The predicted octanol–water partition coefficient (Wildman–Crippen LogP) is 3.30. The van der Waals surface area contributed by atoms with Crippen LogP contribution in [0.5, 0.6) is 11.5 Å². The maximum Gasteiger partial charge on any atom is 0.290 e. The lowest BCUT2D eigenvalue weighted by Crippen LogP contribution is -2.44. The summed E-state index contributed by atoms with van der Waals surface area (Å²) in [6, 6.07) is 2.60. The largest absolute Gasteiger partial charge is 0.503 e. The number of ether oxygens (including phenoxy) is 2. The van der Waals surface area contributed by atoms with Crippen molar-refractivity contribution in [1.29, 1.82) is 0 Å². The van der Waals surface area contributed by atoms with Crippen molar-refractivity contribution in [1.82, 2.24) is 4.90 Å². The molecule has 9 heteroatoms. The van der Waals surface area contributed by atoms with Gasteiger partial charge in [0.1, 0.15) is 6.10 Å². The topological polar surface area (TPSA) is 96.3 Å².